The highest BCUT2D eigenvalue weighted by Crippen LogP contribution is 2.32. The van der Waals surface area contributed by atoms with Gasteiger partial charge in [0.15, 0.2) is 0 Å². The summed E-state index contributed by atoms with van der Waals surface area (Å²) in [5.74, 6) is 0.458. The van der Waals surface area contributed by atoms with Crippen LogP contribution in [0.2, 0.25) is 0 Å². The standard InChI is InChI=1S/C13H18FNO/c1-9(2)15-12-4-3-7-16-13-8-10(14)5-6-11(12)13/h5-6,8-9,12,15H,3-4,7H2,1-2H3. The fourth-order valence-electron chi connectivity index (χ4n) is 2.12. The van der Waals surface area contributed by atoms with Gasteiger partial charge in [0.1, 0.15) is 11.6 Å². The molecule has 1 aromatic rings. The van der Waals surface area contributed by atoms with Gasteiger partial charge in [0, 0.05) is 23.7 Å². The van der Waals surface area contributed by atoms with E-state index in [9.17, 15) is 4.39 Å². The van der Waals surface area contributed by atoms with E-state index in [1.54, 1.807) is 0 Å². The lowest BCUT2D eigenvalue weighted by atomic mass is 10.0. The van der Waals surface area contributed by atoms with Gasteiger partial charge in [0.05, 0.1) is 6.61 Å². The molecule has 0 spiro atoms. The first-order valence-corrected chi connectivity index (χ1v) is 5.85. The number of rotatable bonds is 2. The van der Waals surface area contributed by atoms with Crippen LogP contribution < -0.4 is 10.1 Å². The smallest absolute Gasteiger partial charge is 0.126 e. The number of fused-ring (bicyclic) bond motifs is 1. The van der Waals surface area contributed by atoms with E-state index in [0.717, 1.165) is 18.4 Å². The third kappa shape index (κ3) is 2.53. The molecule has 1 heterocycles. The normalized spacial score (nSPS) is 20.1. The van der Waals surface area contributed by atoms with Gasteiger partial charge in [-0.1, -0.05) is 19.9 Å². The van der Waals surface area contributed by atoms with Gasteiger partial charge in [-0.2, -0.15) is 0 Å². The van der Waals surface area contributed by atoms with E-state index in [-0.39, 0.29) is 11.9 Å². The van der Waals surface area contributed by atoms with Crippen molar-refractivity contribution in [3.63, 3.8) is 0 Å². The third-order valence-electron chi connectivity index (χ3n) is 2.78. The van der Waals surface area contributed by atoms with E-state index in [4.69, 9.17) is 4.74 Å². The predicted molar refractivity (Wildman–Crippen MR) is 62.1 cm³/mol. The summed E-state index contributed by atoms with van der Waals surface area (Å²) in [5, 5.41) is 3.49. The molecule has 1 aromatic carbocycles. The molecular formula is C13H18FNO. The zero-order valence-corrected chi connectivity index (χ0v) is 9.79. The zero-order chi connectivity index (χ0) is 11.5. The maximum absolute atomic E-state index is 13.1. The highest BCUT2D eigenvalue weighted by Gasteiger charge is 2.20. The second kappa shape index (κ2) is 4.83. The summed E-state index contributed by atoms with van der Waals surface area (Å²) in [6.45, 7) is 4.91. The van der Waals surface area contributed by atoms with Crippen LogP contribution in [0.1, 0.15) is 38.3 Å². The van der Waals surface area contributed by atoms with Gasteiger partial charge in [0.2, 0.25) is 0 Å². The molecular weight excluding hydrogens is 205 g/mol. The molecule has 1 N–H and O–H groups in total. The van der Waals surface area contributed by atoms with E-state index in [0.29, 0.717) is 18.4 Å². The Kier molecular flexibility index (Phi) is 3.44. The molecule has 1 aliphatic heterocycles. The van der Waals surface area contributed by atoms with Crippen LogP contribution in [0.4, 0.5) is 4.39 Å². The second-order valence-corrected chi connectivity index (χ2v) is 4.55. The van der Waals surface area contributed by atoms with Gasteiger partial charge in [-0.25, -0.2) is 4.39 Å². The van der Waals surface area contributed by atoms with Crippen molar-refractivity contribution in [1.82, 2.24) is 5.32 Å². The van der Waals surface area contributed by atoms with Crippen molar-refractivity contribution in [2.75, 3.05) is 6.61 Å². The van der Waals surface area contributed by atoms with Crippen LogP contribution in [0.15, 0.2) is 18.2 Å². The summed E-state index contributed by atoms with van der Waals surface area (Å²) in [7, 11) is 0. The number of benzene rings is 1. The van der Waals surface area contributed by atoms with Gasteiger partial charge >= 0.3 is 0 Å². The fraction of sp³-hybridized carbons (Fsp3) is 0.538. The molecule has 0 amide bonds. The van der Waals surface area contributed by atoms with Crippen LogP contribution in [0, 0.1) is 5.82 Å². The molecule has 0 saturated heterocycles. The molecule has 1 atom stereocenters. The molecule has 0 aliphatic carbocycles. The van der Waals surface area contributed by atoms with E-state index in [2.05, 4.69) is 19.2 Å². The summed E-state index contributed by atoms with van der Waals surface area (Å²) in [5.41, 5.74) is 1.08. The summed E-state index contributed by atoms with van der Waals surface area (Å²) < 4.78 is 18.7. The average Bonchev–Trinajstić information content (AvgIpc) is 2.40. The Balaban J connectivity index is 2.29. The van der Waals surface area contributed by atoms with Crippen molar-refractivity contribution in [2.24, 2.45) is 0 Å². The summed E-state index contributed by atoms with van der Waals surface area (Å²) in [6.07, 6.45) is 2.04. The van der Waals surface area contributed by atoms with E-state index >= 15 is 0 Å². The van der Waals surface area contributed by atoms with Gasteiger partial charge in [-0.3, -0.25) is 0 Å². The minimum absolute atomic E-state index is 0.232. The lowest BCUT2D eigenvalue weighted by molar-refractivity contribution is 0.313. The molecule has 0 bridgehead atoms. The van der Waals surface area contributed by atoms with Crippen LogP contribution >= 0.6 is 0 Å². The molecule has 16 heavy (non-hydrogen) atoms. The Hall–Kier alpha value is -1.09. The monoisotopic (exact) mass is 223 g/mol. The molecule has 2 nitrogen and oxygen atoms in total. The Labute approximate surface area is 95.8 Å². The van der Waals surface area contributed by atoms with Crippen LogP contribution in [0.5, 0.6) is 5.75 Å². The lowest BCUT2D eigenvalue weighted by Gasteiger charge is -2.20. The van der Waals surface area contributed by atoms with Gasteiger partial charge in [-0.05, 0) is 18.9 Å². The largest absolute Gasteiger partial charge is 0.493 e. The summed E-state index contributed by atoms with van der Waals surface area (Å²) in [4.78, 5) is 0. The number of hydrogen-bond acceptors (Lipinski definition) is 2. The van der Waals surface area contributed by atoms with Crippen molar-refractivity contribution >= 4 is 0 Å². The minimum Gasteiger partial charge on any atom is -0.493 e. The Morgan fingerprint density at radius 1 is 1.44 bits per heavy atom. The van der Waals surface area contributed by atoms with Crippen LogP contribution in [-0.4, -0.2) is 12.6 Å². The molecule has 1 unspecified atom stereocenters. The highest BCUT2D eigenvalue weighted by atomic mass is 19.1. The lowest BCUT2D eigenvalue weighted by Crippen LogP contribution is -2.27. The topological polar surface area (TPSA) is 21.3 Å². The van der Waals surface area contributed by atoms with Crippen LogP contribution in [0.3, 0.4) is 0 Å². The summed E-state index contributed by atoms with van der Waals surface area (Å²) >= 11 is 0. The highest BCUT2D eigenvalue weighted by molar-refractivity contribution is 5.37. The van der Waals surface area contributed by atoms with E-state index in [1.165, 1.54) is 12.1 Å². The molecule has 1 aliphatic rings. The van der Waals surface area contributed by atoms with Gasteiger partial charge in [0.25, 0.3) is 0 Å². The maximum atomic E-state index is 13.1. The van der Waals surface area contributed by atoms with Crippen molar-refractivity contribution < 1.29 is 9.13 Å². The van der Waals surface area contributed by atoms with E-state index < -0.39 is 0 Å². The molecule has 2 rings (SSSR count). The Morgan fingerprint density at radius 2 is 2.25 bits per heavy atom. The first kappa shape index (κ1) is 11.4. The second-order valence-electron chi connectivity index (χ2n) is 4.55. The van der Waals surface area contributed by atoms with Crippen molar-refractivity contribution in [3.8, 4) is 5.75 Å². The number of ether oxygens (including phenoxy) is 1. The fourth-order valence-corrected chi connectivity index (χ4v) is 2.12. The first-order chi connectivity index (χ1) is 7.66. The molecule has 3 heteroatoms. The number of halogens is 1. The summed E-state index contributed by atoms with van der Waals surface area (Å²) in [6, 6.07) is 5.51. The van der Waals surface area contributed by atoms with Crippen molar-refractivity contribution in [3.05, 3.63) is 29.6 Å². The molecule has 0 aromatic heterocycles. The quantitative estimate of drug-likeness (QED) is 0.832. The van der Waals surface area contributed by atoms with Crippen LogP contribution in [0.25, 0.3) is 0 Å². The molecule has 0 radical (unpaired) electrons. The maximum Gasteiger partial charge on any atom is 0.126 e. The SMILES string of the molecule is CC(C)NC1CCCOc2cc(F)ccc21. The van der Waals surface area contributed by atoms with Crippen LogP contribution in [-0.2, 0) is 0 Å². The van der Waals surface area contributed by atoms with Gasteiger partial charge < -0.3 is 10.1 Å². The number of nitrogens with one attached hydrogen (secondary N) is 1. The molecule has 88 valence electrons. The van der Waals surface area contributed by atoms with Gasteiger partial charge in [-0.15, -0.1) is 0 Å². The van der Waals surface area contributed by atoms with E-state index in [1.807, 2.05) is 6.07 Å². The molecule has 0 fully saturated rings. The van der Waals surface area contributed by atoms with Crippen molar-refractivity contribution in [2.45, 2.75) is 38.8 Å². The predicted octanol–water partition coefficient (Wildman–Crippen LogP) is 3.04. The Bertz CT molecular complexity index is 365. The Morgan fingerprint density at radius 3 is 3.00 bits per heavy atom. The average molecular weight is 223 g/mol. The first-order valence-electron chi connectivity index (χ1n) is 5.85. The molecule has 0 saturated carbocycles. The minimum atomic E-state index is -0.232. The zero-order valence-electron chi connectivity index (χ0n) is 9.79. The third-order valence-corrected chi connectivity index (χ3v) is 2.78. The van der Waals surface area contributed by atoms with Crippen molar-refractivity contribution in [1.29, 1.82) is 0 Å². The number of hydrogen-bond donors (Lipinski definition) is 1.